The molecule has 1 nitrogen and oxygen atoms in total. The summed E-state index contributed by atoms with van der Waals surface area (Å²) in [5, 5.41) is 10.0. The summed E-state index contributed by atoms with van der Waals surface area (Å²) in [5.41, 5.74) is 1.12. The molecular formula is C18H30O. The molecule has 1 unspecified atom stereocenters. The Labute approximate surface area is 119 Å². The van der Waals surface area contributed by atoms with Gasteiger partial charge in [-0.05, 0) is 29.4 Å². The molecule has 0 spiro atoms. The lowest BCUT2D eigenvalue weighted by Crippen LogP contribution is -2.26. The molecule has 0 fully saturated rings. The lowest BCUT2D eigenvalue weighted by atomic mass is 9.72. The highest BCUT2D eigenvalue weighted by molar-refractivity contribution is 5.37. The van der Waals surface area contributed by atoms with Crippen molar-refractivity contribution in [1.82, 2.24) is 0 Å². The highest BCUT2D eigenvalue weighted by Gasteiger charge is 2.29. The van der Waals surface area contributed by atoms with E-state index in [4.69, 9.17) is 0 Å². The third-order valence-electron chi connectivity index (χ3n) is 4.57. The van der Waals surface area contributed by atoms with Crippen molar-refractivity contribution < 1.29 is 5.11 Å². The predicted molar refractivity (Wildman–Crippen MR) is 83.7 cm³/mol. The Morgan fingerprint density at radius 3 is 2.32 bits per heavy atom. The van der Waals surface area contributed by atoms with Crippen LogP contribution in [-0.2, 0) is 5.41 Å². The molecule has 0 heterocycles. The number of benzene rings is 1. The monoisotopic (exact) mass is 262 g/mol. The smallest absolute Gasteiger partial charge is 0.119 e. The molecule has 1 aromatic rings. The molecule has 0 amide bonds. The maximum atomic E-state index is 10.0. The van der Waals surface area contributed by atoms with Gasteiger partial charge < -0.3 is 5.11 Å². The highest BCUT2D eigenvalue weighted by Crippen LogP contribution is 2.38. The second-order valence-corrected chi connectivity index (χ2v) is 6.34. The quantitative estimate of drug-likeness (QED) is 0.599. The molecule has 0 aliphatic carbocycles. The van der Waals surface area contributed by atoms with Gasteiger partial charge >= 0.3 is 0 Å². The molecule has 108 valence electrons. The van der Waals surface area contributed by atoms with Gasteiger partial charge in [0, 0.05) is 0 Å². The summed E-state index contributed by atoms with van der Waals surface area (Å²) in [6.45, 7) is 9.06. The summed E-state index contributed by atoms with van der Waals surface area (Å²) in [5.74, 6) is 1.02. The average molecular weight is 262 g/mol. The first-order valence-corrected chi connectivity index (χ1v) is 7.78. The van der Waals surface area contributed by atoms with Gasteiger partial charge in [0.25, 0.3) is 0 Å². The zero-order chi connectivity index (χ0) is 14.3. The van der Waals surface area contributed by atoms with Crippen LogP contribution < -0.4 is 0 Å². The lowest BCUT2D eigenvalue weighted by Gasteiger charge is -2.33. The summed E-state index contributed by atoms with van der Waals surface area (Å²) in [4.78, 5) is 0. The summed E-state index contributed by atoms with van der Waals surface area (Å²) >= 11 is 0. The van der Waals surface area contributed by atoms with Crippen molar-refractivity contribution in [2.24, 2.45) is 5.92 Å². The fourth-order valence-electron chi connectivity index (χ4n) is 2.70. The zero-order valence-electron chi connectivity index (χ0n) is 13.1. The maximum Gasteiger partial charge on any atom is 0.119 e. The SMILES string of the molecule is CCCCCCCC(C)C(C)(C)c1ccccc1O. The van der Waals surface area contributed by atoms with Gasteiger partial charge in [-0.1, -0.05) is 78.0 Å². The van der Waals surface area contributed by atoms with Gasteiger partial charge in [0.05, 0.1) is 0 Å². The Kier molecular flexibility index (Phi) is 6.41. The van der Waals surface area contributed by atoms with Gasteiger partial charge in [0.1, 0.15) is 5.75 Å². The third kappa shape index (κ3) is 4.56. The summed E-state index contributed by atoms with van der Waals surface area (Å²) < 4.78 is 0. The molecule has 1 atom stereocenters. The Bertz CT molecular complexity index is 368. The van der Waals surface area contributed by atoms with Crippen LogP contribution in [0.25, 0.3) is 0 Å². The minimum Gasteiger partial charge on any atom is -0.508 e. The maximum absolute atomic E-state index is 10.0. The molecule has 0 aliphatic rings. The van der Waals surface area contributed by atoms with Gasteiger partial charge in [0.2, 0.25) is 0 Å². The molecule has 0 saturated carbocycles. The number of rotatable bonds is 8. The van der Waals surface area contributed by atoms with Crippen LogP contribution in [0.5, 0.6) is 5.75 Å². The van der Waals surface area contributed by atoms with Gasteiger partial charge in [0.15, 0.2) is 0 Å². The van der Waals surface area contributed by atoms with E-state index in [1.807, 2.05) is 12.1 Å². The fraction of sp³-hybridized carbons (Fsp3) is 0.667. The van der Waals surface area contributed by atoms with Crippen LogP contribution >= 0.6 is 0 Å². The summed E-state index contributed by atoms with van der Waals surface area (Å²) in [7, 11) is 0. The summed E-state index contributed by atoms with van der Waals surface area (Å²) in [6, 6.07) is 7.77. The predicted octanol–water partition coefficient (Wildman–Crippen LogP) is 5.67. The third-order valence-corrected chi connectivity index (χ3v) is 4.57. The van der Waals surface area contributed by atoms with Crippen molar-refractivity contribution >= 4 is 0 Å². The van der Waals surface area contributed by atoms with E-state index in [9.17, 15) is 5.11 Å². The van der Waals surface area contributed by atoms with Crippen molar-refractivity contribution in [1.29, 1.82) is 0 Å². The van der Waals surface area contributed by atoms with Crippen molar-refractivity contribution in [2.75, 3.05) is 0 Å². The van der Waals surface area contributed by atoms with Crippen LogP contribution in [0.2, 0.25) is 0 Å². The van der Waals surface area contributed by atoms with Gasteiger partial charge in [-0.15, -0.1) is 0 Å². The topological polar surface area (TPSA) is 20.2 Å². The zero-order valence-corrected chi connectivity index (χ0v) is 13.1. The van der Waals surface area contributed by atoms with Crippen molar-refractivity contribution in [3.8, 4) is 5.75 Å². The second-order valence-electron chi connectivity index (χ2n) is 6.34. The number of hydrogen-bond donors (Lipinski definition) is 1. The van der Waals surface area contributed by atoms with Crippen LogP contribution in [0.3, 0.4) is 0 Å². The van der Waals surface area contributed by atoms with Crippen LogP contribution in [0.4, 0.5) is 0 Å². The van der Waals surface area contributed by atoms with E-state index in [-0.39, 0.29) is 5.41 Å². The second kappa shape index (κ2) is 7.57. The Balaban J connectivity index is 2.54. The van der Waals surface area contributed by atoms with Crippen molar-refractivity contribution in [3.63, 3.8) is 0 Å². The number of aromatic hydroxyl groups is 1. The summed E-state index contributed by atoms with van der Waals surface area (Å²) in [6.07, 6.45) is 7.91. The average Bonchev–Trinajstić information content (AvgIpc) is 2.38. The standard InChI is InChI=1S/C18H30O/c1-5-6-7-8-9-12-15(2)18(3,4)16-13-10-11-14-17(16)19/h10-11,13-15,19H,5-9,12H2,1-4H3. The molecule has 0 saturated heterocycles. The molecule has 0 radical (unpaired) electrons. The van der Waals surface area contributed by atoms with Crippen molar-refractivity contribution in [2.45, 2.75) is 71.6 Å². The Morgan fingerprint density at radius 2 is 1.68 bits per heavy atom. The van der Waals surface area contributed by atoms with E-state index < -0.39 is 0 Å². The number of phenols is 1. The van der Waals surface area contributed by atoms with Gasteiger partial charge in [-0.25, -0.2) is 0 Å². The molecule has 0 bridgehead atoms. The molecule has 0 aromatic heterocycles. The van der Waals surface area contributed by atoms with E-state index in [2.05, 4.69) is 33.8 Å². The molecule has 1 heteroatoms. The molecule has 1 aromatic carbocycles. The molecule has 0 aliphatic heterocycles. The Hall–Kier alpha value is -0.980. The normalized spacial score (nSPS) is 13.5. The minimum atomic E-state index is 0.0378. The van der Waals surface area contributed by atoms with Crippen molar-refractivity contribution in [3.05, 3.63) is 29.8 Å². The number of phenolic OH excluding ortho intramolecular Hbond substituents is 1. The first kappa shape index (κ1) is 16.1. The molecule has 1 rings (SSSR count). The van der Waals surface area contributed by atoms with E-state index in [0.717, 1.165) is 5.56 Å². The minimum absolute atomic E-state index is 0.0378. The molecule has 1 N–H and O–H groups in total. The fourth-order valence-corrected chi connectivity index (χ4v) is 2.70. The molecule has 19 heavy (non-hydrogen) atoms. The number of para-hydroxylation sites is 1. The number of hydrogen-bond acceptors (Lipinski definition) is 1. The van der Waals surface area contributed by atoms with E-state index in [0.29, 0.717) is 11.7 Å². The van der Waals surface area contributed by atoms with Crippen LogP contribution in [0.15, 0.2) is 24.3 Å². The lowest BCUT2D eigenvalue weighted by molar-refractivity contribution is 0.303. The highest BCUT2D eigenvalue weighted by atomic mass is 16.3. The largest absolute Gasteiger partial charge is 0.508 e. The van der Waals surface area contributed by atoms with Crippen LogP contribution in [0, 0.1) is 5.92 Å². The van der Waals surface area contributed by atoms with Gasteiger partial charge in [-0.2, -0.15) is 0 Å². The molecular weight excluding hydrogens is 232 g/mol. The number of unbranched alkanes of at least 4 members (excludes halogenated alkanes) is 4. The van der Waals surface area contributed by atoms with E-state index >= 15 is 0 Å². The van der Waals surface area contributed by atoms with Crippen LogP contribution in [0.1, 0.15) is 71.8 Å². The first-order chi connectivity index (χ1) is 9.00. The van der Waals surface area contributed by atoms with E-state index in [1.54, 1.807) is 6.07 Å². The van der Waals surface area contributed by atoms with Gasteiger partial charge in [-0.3, -0.25) is 0 Å². The van der Waals surface area contributed by atoms with E-state index in [1.165, 1.54) is 38.5 Å². The Morgan fingerprint density at radius 1 is 1.05 bits per heavy atom. The van der Waals surface area contributed by atoms with Crippen LogP contribution in [-0.4, -0.2) is 5.11 Å². The first-order valence-electron chi connectivity index (χ1n) is 7.78.